The molecule has 0 radical (unpaired) electrons. The van der Waals surface area contributed by atoms with E-state index in [-0.39, 0.29) is 36.2 Å². The molecule has 1 aliphatic carbocycles. The number of rotatable bonds is 6. The molecule has 0 aromatic heterocycles. The number of methoxy groups -OCH3 is 1. The number of Topliss-reactive ketones (excluding diaryl/α,β-unsaturated/α-hetero) is 2. The highest BCUT2D eigenvalue weighted by Gasteiger charge is 2.45. The van der Waals surface area contributed by atoms with E-state index in [4.69, 9.17) is 9.47 Å². The van der Waals surface area contributed by atoms with Gasteiger partial charge in [-0.1, -0.05) is 6.07 Å². The molecule has 160 valence electrons. The lowest BCUT2D eigenvalue weighted by atomic mass is 9.92. The molecule has 1 atom stereocenters. The van der Waals surface area contributed by atoms with Gasteiger partial charge in [-0.2, -0.15) is 0 Å². The van der Waals surface area contributed by atoms with Crippen LogP contribution in [0.3, 0.4) is 0 Å². The number of nitrogens with zero attached hydrogens (tertiary/aromatic N) is 1. The second-order valence-electron chi connectivity index (χ2n) is 7.37. The number of ether oxygens (including phenoxy) is 2. The minimum Gasteiger partial charge on any atom is -0.493 e. The molecule has 0 bridgehead atoms. The van der Waals surface area contributed by atoms with Crippen LogP contribution in [0.4, 0.5) is 11.4 Å². The third kappa shape index (κ3) is 3.65. The number of hydrogen-bond acceptors (Lipinski definition) is 7. The molecule has 2 amide bonds. The first kappa shape index (κ1) is 20.6. The van der Waals surface area contributed by atoms with E-state index in [9.17, 15) is 19.2 Å². The van der Waals surface area contributed by atoms with Crippen LogP contribution >= 0.6 is 0 Å². The SMILES string of the molecule is CCOc1cc(Nc2cccc3c2C(=O)N(C2CCC(=O)CC2=O)C3=O)ccc1OC. The Kier molecular flexibility index (Phi) is 5.46. The number of carbonyl (C=O) groups is 4. The molecular weight excluding hydrogens is 400 g/mol. The standard InChI is InChI=1S/C23H22N2O6/c1-3-31-20-11-13(7-10-19(20)30-2)24-16-6-4-5-15-21(16)23(29)25(22(15)28)17-9-8-14(26)12-18(17)27/h4-7,10-11,17,24H,3,8-9,12H2,1-2H3. The van der Waals surface area contributed by atoms with E-state index in [1.165, 1.54) is 0 Å². The lowest BCUT2D eigenvalue weighted by molar-refractivity contribution is -0.132. The van der Waals surface area contributed by atoms with E-state index in [0.717, 1.165) is 4.90 Å². The molecule has 1 N–H and O–H groups in total. The fraction of sp³-hybridized carbons (Fsp3) is 0.304. The second kappa shape index (κ2) is 8.22. The molecule has 2 aromatic carbocycles. The summed E-state index contributed by atoms with van der Waals surface area (Å²) in [5.74, 6) is -0.477. The molecule has 1 unspecified atom stereocenters. The number of anilines is 2. The Morgan fingerprint density at radius 2 is 1.87 bits per heavy atom. The molecule has 4 rings (SSSR count). The Bertz CT molecular complexity index is 1090. The highest BCUT2D eigenvalue weighted by molar-refractivity contribution is 6.25. The fourth-order valence-electron chi connectivity index (χ4n) is 4.00. The van der Waals surface area contributed by atoms with Crippen molar-refractivity contribution < 1.29 is 28.7 Å². The van der Waals surface area contributed by atoms with E-state index in [1.807, 2.05) is 6.92 Å². The maximum absolute atomic E-state index is 13.2. The average molecular weight is 422 g/mol. The number of imide groups is 1. The van der Waals surface area contributed by atoms with Gasteiger partial charge in [-0.25, -0.2) is 0 Å². The lowest BCUT2D eigenvalue weighted by Gasteiger charge is -2.27. The predicted octanol–water partition coefficient (Wildman–Crippen LogP) is 3.12. The van der Waals surface area contributed by atoms with Crippen LogP contribution < -0.4 is 14.8 Å². The minimum atomic E-state index is -0.900. The maximum Gasteiger partial charge on any atom is 0.264 e. The molecule has 8 nitrogen and oxygen atoms in total. The molecule has 1 fully saturated rings. The van der Waals surface area contributed by atoms with Crippen molar-refractivity contribution >= 4 is 34.8 Å². The molecule has 0 saturated heterocycles. The van der Waals surface area contributed by atoms with Crippen LogP contribution in [0, 0.1) is 0 Å². The topological polar surface area (TPSA) is 102 Å². The Labute approximate surface area is 179 Å². The van der Waals surface area contributed by atoms with Crippen molar-refractivity contribution in [1.82, 2.24) is 4.90 Å². The van der Waals surface area contributed by atoms with Crippen LogP contribution in [0.15, 0.2) is 36.4 Å². The van der Waals surface area contributed by atoms with Crippen LogP contribution in [-0.4, -0.2) is 48.0 Å². The van der Waals surface area contributed by atoms with E-state index >= 15 is 0 Å². The Morgan fingerprint density at radius 1 is 1.06 bits per heavy atom. The van der Waals surface area contributed by atoms with Gasteiger partial charge < -0.3 is 14.8 Å². The van der Waals surface area contributed by atoms with Crippen LogP contribution in [0.5, 0.6) is 11.5 Å². The smallest absolute Gasteiger partial charge is 0.264 e. The number of benzene rings is 2. The Hall–Kier alpha value is -3.68. The van der Waals surface area contributed by atoms with Crippen molar-refractivity contribution in [2.45, 2.75) is 32.2 Å². The molecule has 2 aromatic rings. The van der Waals surface area contributed by atoms with Gasteiger partial charge >= 0.3 is 0 Å². The molecule has 0 spiro atoms. The van der Waals surface area contributed by atoms with Gasteiger partial charge in [0, 0.05) is 18.2 Å². The zero-order valence-electron chi connectivity index (χ0n) is 17.3. The maximum atomic E-state index is 13.2. The summed E-state index contributed by atoms with van der Waals surface area (Å²) < 4.78 is 10.9. The molecule has 2 aliphatic rings. The third-order valence-corrected chi connectivity index (χ3v) is 5.44. The monoisotopic (exact) mass is 422 g/mol. The Morgan fingerprint density at radius 3 is 2.58 bits per heavy atom. The zero-order chi connectivity index (χ0) is 22.1. The molecular formula is C23H22N2O6. The predicted molar refractivity (Wildman–Crippen MR) is 112 cm³/mol. The summed E-state index contributed by atoms with van der Waals surface area (Å²) in [5, 5.41) is 3.17. The number of amides is 2. The van der Waals surface area contributed by atoms with Gasteiger partial charge in [0.25, 0.3) is 11.8 Å². The number of nitrogens with one attached hydrogen (secondary N) is 1. The highest BCUT2D eigenvalue weighted by atomic mass is 16.5. The fourth-order valence-corrected chi connectivity index (χ4v) is 4.00. The molecule has 31 heavy (non-hydrogen) atoms. The largest absolute Gasteiger partial charge is 0.493 e. The van der Waals surface area contributed by atoms with Crippen LogP contribution in [0.1, 0.15) is 46.9 Å². The van der Waals surface area contributed by atoms with E-state index in [0.29, 0.717) is 29.5 Å². The molecule has 1 heterocycles. The number of hydrogen-bond donors (Lipinski definition) is 1. The van der Waals surface area contributed by atoms with E-state index < -0.39 is 23.6 Å². The van der Waals surface area contributed by atoms with Crippen LogP contribution in [0.25, 0.3) is 0 Å². The van der Waals surface area contributed by atoms with Crippen LogP contribution in [-0.2, 0) is 9.59 Å². The average Bonchev–Trinajstić information content (AvgIpc) is 3.00. The summed E-state index contributed by atoms with van der Waals surface area (Å²) in [6, 6.07) is 9.31. The van der Waals surface area contributed by atoms with E-state index in [1.54, 1.807) is 43.5 Å². The summed E-state index contributed by atoms with van der Waals surface area (Å²) >= 11 is 0. The van der Waals surface area contributed by atoms with Gasteiger partial charge in [0.1, 0.15) is 5.78 Å². The van der Waals surface area contributed by atoms with Crippen molar-refractivity contribution in [3.63, 3.8) is 0 Å². The number of carbonyl (C=O) groups excluding carboxylic acids is 4. The highest BCUT2D eigenvalue weighted by Crippen LogP contribution is 2.36. The van der Waals surface area contributed by atoms with E-state index in [2.05, 4.69) is 5.32 Å². The second-order valence-corrected chi connectivity index (χ2v) is 7.37. The molecule has 1 aliphatic heterocycles. The van der Waals surface area contributed by atoms with Gasteiger partial charge in [0.05, 0.1) is 43.0 Å². The summed E-state index contributed by atoms with van der Waals surface area (Å²) in [6.07, 6.45) is 0.109. The summed E-state index contributed by atoms with van der Waals surface area (Å²) in [4.78, 5) is 51.1. The van der Waals surface area contributed by atoms with Crippen molar-refractivity contribution in [2.75, 3.05) is 19.0 Å². The first-order chi connectivity index (χ1) is 14.9. The minimum absolute atomic E-state index is 0.162. The normalized spacial score (nSPS) is 18.3. The third-order valence-electron chi connectivity index (χ3n) is 5.44. The first-order valence-electron chi connectivity index (χ1n) is 10.1. The summed E-state index contributed by atoms with van der Waals surface area (Å²) in [5.41, 5.74) is 1.55. The Balaban J connectivity index is 1.66. The lowest BCUT2D eigenvalue weighted by Crippen LogP contribution is -2.47. The zero-order valence-corrected chi connectivity index (χ0v) is 17.3. The van der Waals surface area contributed by atoms with Gasteiger partial charge in [-0.3, -0.25) is 24.1 Å². The summed E-state index contributed by atoms with van der Waals surface area (Å²) in [7, 11) is 1.55. The quantitative estimate of drug-likeness (QED) is 0.564. The van der Waals surface area contributed by atoms with Crippen LogP contribution in [0.2, 0.25) is 0 Å². The van der Waals surface area contributed by atoms with Crippen molar-refractivity contribution in [3.8, 4) is 11.5 Å². The number of ketones is 2. The number of fused-ring (bicyclic) bond motifs is 1. The van der Waals surface area contributed by atoms with Crippen molar-refractivity contribution in [2.24, 2.45) is 0 Å². The van der Waals surface area contributed by atoms with Gasteiger partial charge in [-0.15, -0.1) is 0 Å². The van der Waals surface area contributed by atoms with Gasteiger partial charge in [-0.05, 0) is 37.6 Å². The first-order valence-corrected chi connectivity index (χ1v) is 10.1. The summed E-state index contributed by atoms with van der Waals surface area (Å²) in [6.45, 7) is 2.32. The van der Waals surface area contributed by atoms with Gasteiger partial charge in [0.2, 0.25) is 0 Å². The van der Waals surface area contributed by atoms with Crippen molar-refractivity contribution in [1.29, 1.82) is 0 Å². The van der Waals surface area contributed by atoms with Crippen molar-refractivity contribution in [3.05, 3.63) is 47.5 Å². The molecule has 1 saturated carbocycles. The molecule has 8 heteroatoms. The van der Waals surface area contributed by atoms with Gasteiger partial charge in [0.15, 0.2) is 17.3 Å².